The van der Waals surface area contributed by atoms with Crippen LogP contribution in [0.15, 0.2) is 36.8 Å². The molecule has 0 radical (unpaired) electrons. The number of nitrogens with one attached hydrogen (secondary N) is 1. The number of anilines is 2. The fourth-order valence-electron chi connectivity index (χ4n) is 1.90. The van der Waals surface area contributed by atoms with E-state index in [0.29, 0.717) is 11.9 Å². The van der Waals surface area contributed by atoms with Crippen LogP contribution in [0, 0.1) is 5.92 Å². The molecule has 0 spiro atoms. The van der Waals surface area contributed by atoms with Crippen molar-refractivity contribution in [2.24, 2.45) is 5.92 Å². The molecule has 0 saturated carbocycles. The quantitative estimate of drug-likeness (QED) is 0.847. The summed E-state index contributed by atoms with van der Waals surface area (Å²) in [5, 5.41) is 3.26. The molecule has 0 amide bonds. The topological polar surface area (TPSA) is 53.9 Å². The molecule has 0 unspecified atom stereocenters. The Morgan fingerprint density at radius 2 is 1.90 bits per heavy atom. The Balaban J connectivity index is 1.92. The fourth-order valence-corrected chi connectivity index (χ4v) is 1.90. The van der Waals surface area contributed by atoms with Gasteiger partial charge in [-0.15, -0.1) is 0 Å². The molecule has 0 bridgehead atoms. The van der Waals surface area contributed by atoms with Crippen molar-refractivity contribution in [3.63, 3.8) is 0 Å². The zero-order chi connectivity index (χ0) is 15.1. The summed E-state index contributed by atoms with van der Waals surface area (Å²) in [6.45, 7) is 6.12. The van der Waals surface area contributed by atoms with Crippen LogP contribution in [0.25, 0.3) is 0 Å². The van der Waals surface area contributed by atoms with Gasteiger partial charge in [-0.05, 0) is 36.1 Å². The lowest BCUT2D eigenvalue weighted by atomic mass is 10.2. The Hall–Kier alpha value is -2.17. The van der Waals surface area contributed by atoms with E-state index in [2.05, 4.69) is 46.1 Å². The lowest BCUT2D eigenvalue weighted by Gasteiger charge is -2.18. The van der Waals surface area contributed by atoms with Crippen molar-refractivity contribution < 1.29 is 0 Å². The largest absolute Gasteiger partial charge is 0.359 e. The molecule has 5 heteroatoms. The Morgan fingerprint density at radius 3 is 2.62 bits per heavy atom. The number of aromatic nitrogens is 3. The summed E-state index contributed by atoms with van der Waals surface area (Å²) in [6, 6.07) is 6.03. The third kappa shape index (κ3) is 5.02. The van der Waals surface area contributed by atoms with Crippen LogP contribution in [0.3, 0.4) is 0 Å². The molecule has 0 aliphatic heterocycles. The predicted molar refractivity (Wildman–Crippen MR) is 86.6 cm³/mol. The van der Waals surface area contributed by atoms with Gasteiger partial charge in [-0.1, -0.05) is 13.8 Å². The summed E-state index contributed by atoms with van der Waals surface area (Å²) in [5.74, 6) is 2.20. The van der Waals surface area contributed by atoms with Crippen LogP contribution in [0.1, 0.15) is 19.4 Å². The lowest BCUT2D eigenvalue weighted by molar-refractivity contribution is 0.684. The summed E-state index contributed by atoms with van der Waals surface area (Å²) >= 11 is 0. The molecule has 2 rings (SSSR count). The molecule has 0 aromatic carbocycles. The summed E-state index contributed by atoms with van der Waals surface area (Å²) in [4.78, 5) is 15.0. The van der Waals surface area contributed by atoms with Gasteiger partial charge in [-0.3, -0.25) is 4.98 Å². The minimum absolute atomic E-state index is 0.571. The number of hydrogen-bond donors (Lipinski definition) is 1. The Bertz CT molecular complexity index is 541. The first-order valence-electron chi connectivity index (χ1n) is 7.32. The van der Waals surface area contributed by atoms with Gasteiger partial charge in [0.1, 0.15) is 5.82 Å². The zero-order valence-electron chi connectivity index (χ0n) is 13.0. The molecule has 1 N–H and O–H groups in total. The number of rotatable bonds is 7. The molecule has 5 nitrogen and oxygen atoms in total. The van der Waals surface area contributed by atoms with Crippen LogP contribution >= 0.6 is 0 Å². The highest BCUT2D eigenvalue weighted by molar-refractivity contribution is 5.41. The fraction of sp³-hybridized carbons (Fsp3) is 0.438. The van der Waals surface area contributed by atoms with Gasteiger partial charge >= 0.3 is 0 Å². The normalized spacial score (nSPS) is 10.7. The van der Waals surface area contributed by atoms with Crippen molar-refractivity contribution in [2.45, 2.75) is 20.3 Å². The second kappa shape index (κ2) is 7.57. The highest BCUT2D eigenvalue weighted by Crippen LogP contribution is 2.11. The van der Waals surface area contributed by atoms with E-state index in [4.69, 9.17) is 0 Å². The second-order valence-corrected chi connectivity index (χ2v) is 5.54. The molecule has 0 aliphatic rings. The monoisotopic (exact) mass is 285 g/mol. The second-order valence-electron chi connectivity index (χ2n) is 5.54. The van der Waals surface area contributed by atoms with Gasteiger partial charge in [0.05, 0.1) is 0 Å². The number of nitrogens with zero attached hydrogens (tertiary/aromatic N) is 4. The average molecular weight is 285 g/mol. The summed E-state index contributed by atoms with van der Waals surface area (Å²) in [5.41, 5.74) is 1.28. The molecule has 2 aromatic heterocycles. The van der Waals surface area contributed by atoms with Crippen LogP contribution in [0.2, 0.25) is 0 Å². The van der Waals surface area contributed by atoms with Crippen molar-refractivity contribution >= 4 is 11.8 Å². The van der Waals surface area contributed by atoms with Crippen LogP contribution in [-0.2, 0) is 6.42 Å². The first-order valence-corrected chi connectivity index (χ1v) is 7.32. The average Bonchev–Trinajstić information content (AvgIpc) is 2.52. The molecule has 112 valence electrons. The maximum atomic E-state index is 4.55. The molecule has 21 heavy (non-hydrogen) atoms. The number of hydrogen-bond acceptors (Lipinski definition) is 5. The van der Waals surface area contributed by atoms with E-state index < -0.39 is 0 Å². The van der Waals surface area contributed by atoms with Gasteiger partial charge in [0.15, 0.2) is 0 Å². The van der Waals surface area contributed by atoms with Crippen LogP contribution in [-0.4, -0.2) is 35.1 Å². The molecule has 0 aliphatic carbocycles. The smallest absolute Gasteiger partial charge is 0.224 e. The highest BCUT2D eigenvalue weighted by atomic mass is 15.2. The number of likely N-dealkylation sites (N-methyl/N-ethyl adjacent to an activating group) is 1. The van der Waals surface area contributed by atoms with E-state index in [9.17, 15) is 0 Å². The third-order valence-corrected chi connectivity index (χ3v) is 3.19. The van der Waals surface area contributed by atoms with Gasteiger partial charge in [0.25, 0.3) is 0 Å². The molecule has 0 fully saturated rings. The first-order chi connectivity index (χ1) is 10.1. The van der Waals surface area contributed by atoms with E-state index in [1.54, 1.807) is 6.20 Å². The Kier molecular flexibility index (Phi) is 5.49. The summed E-state index contributed by atoms with van der Waals surface area (Å²) < 4.78 is 0. The van der Waals surface area contributed by atoms with Gasteiger partial charge in [-0.25, -0.2) is 4.98 Å². The van der Waals surface area contributed by atoms with E-state index >= 15 is 0 Å². The van der Waals surface area contributed by atoms with E-state index in [-0.39, 0.29) is 0 Å². The Labute approximate surface area is 126 Å². The van der Waals surface area contributed by atoms with E-state index in [1.807, 2.05) is 30.6 Å². The summed E-state index contributed by atoms with van der Waals surface area (Å²) in [7, 11) is 2.05. The van der Waals surface area contributed by atoms with Crippen LogP contribution in [0.5, 0.6) is 0 Å². The van der Waals surface area contributed by atoms with Crippen molar-refractivity contribution in [3.05, 3.63) is 42.4 Å². The van der Waals surface area contributed by atoms with Crippen LogP contribution in [0.4, 0.5) is 11.8 Å². The first kappa shape index (κ1) is 15.2. The van der Waals surface area contributed by atoms with Gasteiger partial charge in [0, 0.05) is 38.7 Å². The van der Waals surface area contributed by atoms with Crippen molar-refractivity contribution in [1.29, 1.82) is 0 Å². The van der Waals surface area contributed by atoms with Crippen molar-refractivity contribution in [1.82, 2.24) is 15.0 Å². The van der Waals surface area contributed by atoms with E-state index in [0.717, 1.165) is 25.3 Å². The van der Waals surface area contributed by atoms with Crippen LogP contribution < -0.4 is 10.2 Å². The van der Waals surface area contributed by atoms with Gasteiger partial charge in [0.2, 0.25) is 5.95 Å². The highest BCUT2D eigenvalue weighted by Gasteiger charge is 2.05. The van der Waals surface area contributed by atoms with Gasteiger partial charge < -0.3 is 10.2 Å². The van der Waals surface area contributed by atoms with Gasteiger partial charge in [-0.2, -0.15) is 4.98 Å². The molecule has 2 aromatic rings. The number of pyridine rings is 1. The maximum absolute atomic E-state index is 4.55. The molecular weight excluding hydrogens is 262 g/mol. The van der Waals surface area contributed by atoms with Crippen molar-refractivity contribution in [3.8, 4) is 0 Å². The third-order valence-electron chi connectivity index (χ3n) is 3.19. The summed E-state index contributed by atoms with van der Waals surface area (Å²) in [6.07, 6.45) is 6.42. The maximum Gasteiger partial charge on any atom is 0.224 e. The predicted octanol–water partition coefficient (Wildman–Crippen LogP) is 2.62. The van der Waals surface area contributed by atoms with E-state index in [1.165, 1.54) is 5.56 Å². The molecule has 0 atom stereocenters. The van der Waals surface area contributed by atoms with Crippen molar-refractivity contribution in [2.75, 3.05) is 30.4 Å². The molecule has 2 heterocycles. The standard InChI is InChI=1S/C16H23N5/c1-13(2)12-19-16-18-10-6-15(20-16)21(3)11-7-14-4-8-17-9-5-14/h4-6,8-10,13H,7,11-12H2,1-3H3,(H,18,19,20). The molecule has 0 saturated heterocycles. The minimum Gasteiger partial charge on any atom is -0.359 e. The Morgan fingerprint density at radius 1 is 1.14 bits per heavy atom. The zero-order valence-corrected chi connectivity index (χ0v) is 13.0. The molecular formula is C16H23N5. The lowest BCUT2D eigenvalue weighted by Crippen LogP contribution is -2.22. The minimum atomic E-state index is 0.571. The SMILES string of the molecule is CC(C)CNc1nccc(N(C)CCc2ccncc2)n1.